The number of aromatic nitrogens is 2. The van der Waals surface area contributed by atoms with Crippen LogP contribution in [0.3, 0.4) is 0 Å². The van der Waals surface area contributed by atoms with Crippen molar-refractivity contribution in [3.8, 4) is 0 Å². The summed E-state index contributed by atoms with van der Waals surface area (Å²) in [6.45, 7) is 1.96. The number of nitrogens with zero attached hydrogens (tertiary/aromatic N) is 2. The van der Waals surface area contributed by atoms with Crippen LogP contribution in [0.15, 0.2) is 21.3 Å². The number of hydrogen-bond acceptors (Lipinski definition) is 8. The van der Waals surface area contributed by atoms with E-state index in [-0.39, 0.29) is 28.1 Å². The molecule has 0 fully saturated rings. The number of furan rings is 1. The molecule has 148 valence electrons. The van der Waals surface area contributed by atoms with E-state index in [1.54, 1.807) is 13.0 Å². The number of aromatic carboxylic acids is 1. The molecule has 28 heavy (non-hydrogen) atoms. The molecule has 3 rings (SSSR count). The Morgan fingerprint density at radius 2 is 2.07 bits per heavy atom. The van der Waals surface area contributed by atoms with Crippen LogP contribution in [0.25, 0.3) is 10.2 Å². The molecule has 0 aliphatic carbocycles. The Hall–Kier alpha value is -2.98. The van der Waals surface area contributed by atoms with Gasteiger partial charge in [0.2, 0.25) is 5.76 Å². The van der Waals surface area contributed by atoms with Crippen molar-refractivity contribution >= 4 is 33.5 Å². The quantitative estimate of drug-likeness (QED) is 0.592. The zero-order valence-corrected chi connectivity index (χ0v) is 16.3. The highest BCUT2D eigenvalue weighted by atomic mass is 32.1. The molecule has 9 nitrogen and oxygen atoms in total. The second kappa shape index (κ2) is 7.95. The molecular formula is C18H18N2O7S. The average Bonchev–Trinajstić information content (AvgIpc) is 3.26. The summed E-state index contributed by atoms with van der Waals surface area (Å²) in [5, 5.41) is 9.61. The van der Waals surface area contributed by atoms with E-state index in [4.69, 9.17) is 9.15 Å². The number of carbonyl (C=O) groups excluding carboxylic acids is 1. The summed E-state index contributed by atoms with van der Waals surface area (Å²) in [6.07, 6.45) is 0.353. The fourth-order valence-corrected chi connectivity index (χ4v) is 3.87. The highest BCUT2D eigenvalue weighted by Crippen LogP contribution is 2.27. The maximum Gasteiger partial charge on any atom is 0.373 e. The van der Waals surface area contributed by atoms with Crippen LogP contribution in [0.1, 0.15) is 37.4 Å². The van der Waals surface area contributed by atoms with Crippen LogP contribution in [0.4, 0.5) is 0 Å². The monoisotopic (exact) mass is 406 g/mol. The fraction of sp³-hybridized carbons (Fsp3) is 0.333. The van der Waals surface area contributed by atoms with Crippen molar-refractivity contribution in [3.63, 3.8) is 0 Å². The van der Waals surface area contributed by atoms with E-state index in [2.05, 4.69) is 9.72 Å². The largest absolute Gasteiger partial charge is 0.477 e. The third-order valence-corrected chi connectivity index (χ3v) is 5.39. The molecule has 1 N–H and O–H groups in total. The van der Waals surface area contributed by atoms with Gasteiger partial charge in [-0.3, -0.25) is 9.36 Å². The van der Waals surface area contributed by atoms with Gasteiger partial charge in [-0.1, -0.05) is 0 Å². The molecule has 0 aliphatic heterocycles. The minimum atomic E-state index is -1.10. The SMILES string of the molecule is COCCc1nc2sc(C(=O)O)c(C)c2c(=O)n1Cc1ccc(C(=O)OC)o1. The first-order chi connectivity index (χ1) is 13.4. The Labute approximate surface area is 163 Å². The molecule has 0 spiro atoms. The maximum absolute atomic E-state index is 13.1. The number of thiophene rings is 1. The van der Waals surface area contributed by atoms with Crippen molar-refractivity contribution in [1.29, 1.82) is 0 Å². The molecule has 0 saturated carbocycles. The Morgan fingerprint density at radius 1 is 1.32 bits per heavy atom. The van der Waals surface area contributed by atoms with Crippen molar-refractivity contribution in [2.24, 2.45) is 0 Å². The highest BCUT2D eigenvalue weighted by Gasteiger charge is 2.22. The lowest BCUT2D eigenvalue weighted by Gasteiger charge is -2.11. The van der Waals surface area contributed by atoms with Crippen LogP contribution >= 0.6 is 11.3 Å². The number of carbonyl (C=O) groups is 2. The van der Waals surface area contributed by atoms with E-state index in [9.17, 15) is 19.5 Å². The summed E-state index contributed by atoms with van der Waals surface area (Å²) in [4.78, 5) is 41.1. The van der Waals surface area contributed by atoms with Crippen LogP contribution in [-0.2, 0) is 22.4 Å². The topological polar surface area (TPSA) is 121 Å². The normalized spacial score (nSPS) is 11.1. The van der Waals surface area contributed by atoms with Crippen molar-refractivity contribution in [3.05, 3.63) is 50.3 Å². The molecule has 0 saturated heterocycles. The molecule has 0 amide bonds. The molecule has 0 unspecified atom stereocenters. The number of carboxylic acids is 1. The van der Waals surface area contributed by atoms with Crippen molar-refractivity contribution in [2.45, 2.75) is 19.9 Å². The molecule has 0 bridgehead atoms. The van der Waals surface area contributed by atoms with E-state index < -0.39 is 11.9 Å². The Balaban J connectivity index is 2.13. The predicted octanol–water partition coefficient (Wildman–Crippen LogP) is 2.08. The second-order valence-corrected chi connectivity index (χ2v) is 6.96. The Kier molecular flexibility index (Phi) is 5.61. The molecule has 3 heterocycles. The van der Waals surface area contributed by atoms with Crippen molar-refractivity contribution < 1.29 is 28.6 Å². The molecular weight excluding hydrogens is 388 g/mol. The lowest BCUT2D eigenvalue weighted by atomic mass is 10.2. The number of rotatable bonds is 7. The number of ether oxygens (including phenoxy) is 2. The van der Waals surface area contributed by atoms with Crippen LogP contribution < -0.4 is 5.56 Å². The first-order valence-corrected chi connectivity index (χ1v) is 9.11. The van der Waals surface area contributed by atoms with Gasteiger partial charge in [0.1, 0.15) is 21.3 Å². The van der Waals surface area contributed by atoms with Gasteiger partial charge in [-0.25, -0.2) is 14.6 Å². The van der Waals surface area contributed by atoms with Gasteiger partial charge in [-0.15, -0.1) is 11.3 Å². The van der Waals surface area contributed by atoms with E-state index in [0.717, 1.165) is 11.3 Å². The maximum atomic E-state index is 13.1. The highest BCUT2D eigenvalue weighted by molar-refractivity contribution is 7.20. The first kappa shape index (κ1) is 19.8. The molecule has 0 aliphatic rings. The number of hydrogen-bond donors (Lipinski definition) is 1. The number of aryl methyl sites for hydroxylation is 1. The Morgan fingerprint density at radius 3 is 2.71 bits per heavy atom. The molecule has 3 aromatic heterocycles. The van der Waals surface area contributed by atoms with Gasteiger partial charge in [0.15, 0.2) is 0 Å². The number of esters is 1. The molecule has 0 aromatic carbocycles. The van der Waals surface area contributed by atoms with Crippen LogP contribution in [0.2, 0.25) is 0 Å². The van der Waals surface area contributed by atoms with Crippen molar-refractivity contribution in [1.82, 2.24) is 9.55 Å². The summed E-state index contributed by atoms with van der Waals surface area (Å²) in [6, 6.07) is 3.04. The summed E-state index contributed by atoms with van der Waals surface area (Å²) in [5.74, 6) is -0.884. The van der Waals surface area contributed by atoms with Gasteiger partial charge in [0.05, 0.1) is 25.6 Å². The van der Waals surface area contributed by atoms with Crippen LogP contribution in [-0.4, -0.2) is 47.4 Å². The van der Waals surface area contributed by atoms with Crippen LogP contribution in [0, 0.1) is 6.92 Å². The molecule has 10 heteroatoms. The minimum Gasteiger partial charge on any atom is -0.477 e. The smallest absolute Gasteiger partial charge is 0.373 e. The second-order valence-electron chi connectivity index (χ2n) is 5.96. The molecule has 0 radical (unpaired) electrons. The van der Waals surface area contributed by atoms with Gasteiger partial charge in [-0.2, -0.15) is 0 Å². The predicted molar refractivity (Wildman–Crippen MR) is 100 cm³/mol. The van der Waals surface area contributed by atoms with E-state index in [1.807, 2.05) is 0 Å². The average molecular weight is 406 g/mol. The first-order valence-electron chi connectivity index (χ1n) is 8.29. The standard InChI is InChI=1S/C18H18N2O7S/c1-9-13-15(28-14(9)17(22)23)19-12(6-7-25-2)20(16(13)21)8-10-4-5-11(27-10)18(24)26-3/h4-5H,6-8H2,1-3H3,(H,22,23). The van der Waals surface area contributed by atoms with Crippen molar-refractivity contribution in [2.75, 3.05) is 20.8 Å². The van der Waals surface area contributed by atoms with Gasteiger partial charge >= 0.3 is 11.9 Å². The molecule has 0 atom stereocenters. The van der Waals surface area contributed by atoms with Gasteiger partial charge < -0.3 is 19.0 Å². The fourth-order valence-electron chi connectivity index (χ4n) is 2.84. The summed E-state index contributed by atoms with van der Waals surface area (Å²) in [5.41, 5.74) is 0.0140. The summed E-state index contributed by atoms with van der Waals surface area (Å²) in [7, 11) is 2.78. The van der Waals surface area contributed by atoms with E-state index >= 15 is 0 Å². The summed E-state index contributed by atoms with van der Waals surface area (Å²) < 4.78 is 16.6. The van der Waals surface area contributed by atoms with Crippen LogP contribution in [0.5, 0.6) is 0 Å². The van der Waals surface area contributed by atoms with E-state index in [1.165, 1.54) is 24.9 Å². The lowest BCUT2D eigenvalue weighted by molar-refractivity contribution is 0.0562. The van der Waals surface area contributed by atoms with Gasteiger partial charge in [0.25, 0.3) is 5.56 Å². The zero-order chi connectivity index (χ0) is 20.4. The number of methoxy groups -OCH3 is 2. The third-order valence-electron chi connectivity index (χ3n) is 4.22. The van der Waals surface area contributed by atoms with Gasteiger partial charge in [0, 0.05) is 13.5 Å². The number of carboxylic acid groups (broad SMARTS) is 1. The Bertz CT molecular complexity index is 1110. The minimum absolute atomic E-state index is 0.0258. The summed E-state index contributed by atoms with van der Waals surface area (Å²) >= 11 is 0.970. The molecule has 3 aromatic rings. The third kappa shape index (κ3) is 3.56. The number of fused-ring (bicyclic) bond motifs is 1. The lowest BCUT2D eigenvalue weighted by Crippen LogP contribution is -2.26. The van der Waals surface area contributed by atoms with Gasteiger partial charge in [-0.05, 0) is 24.6 Å². The van der Waals surface area contributed by atoms with E-state index in [0.29, 0.717) is 35.0 Å². The zero-order valence-electron chi connectivity index (χ0n) is 15.5.